The van der Waals surface area contributed by atoms with Crippen molar-refractivity contribution in [2.75, 3.05) is 17.7 Å². The molecule has 1 aromatic heterocycles. The van der Waals surface area contributed by atoms with Crippen LogP contribution < -0.4 is 15.4 Å². The Kier molecular flexibility index (Phi) is 7.35. The van der Waals surface area contributed by atoms with Crippen molar-refractivity contribution in [3.8, 4) is 5.75 Å². The zero-order valence-electron chi connectivity index (χ0n) is 17.7. The average molecular weight is 426 g/mol. The second kappa shape index (κ2) is 10.2. The predicted molar refractivity (Wildman–Crippen MR) is 121 cm³/mol. The largest absolute Gasteiger partial charge is 0.497 e. The number of hydrogen-bond acceptors (Lipinski definition) is 6. The maximum absolute atomic E-state index is 12.6. The molecule has 1 atom stereocenters. The predicted octanol–water partition coefficient (Wildman–Crippen LogP) is 4.35. The van der Waals surface area contributed by atoms with Crippen LogP contribution in [0.2, 0.25) is 0 Å². The molecule has 0 saturated heterocycles. The van der Waals surface area contributed by atoms with Gasteiger partial charge in [-0.15, -0.1) is 10.2 Å². The SMILES string of the molecule is CCn1c(CNc2ccc(OC)cc2)nnc1S[C@H](C)C(=O)Nc1ccccc1C. The Morgan fingerprint density at radius 1 is 1.17 bits per heavy atom. The summed E-state index contributed by atoms with van der Waals surface area (Å²) >= 11 is 1.41. The minimum Gasteiger partial charge on any atom is -0.497 e. The number of anilines is 2. The highest BCUT2D eigenvalue weighted by molar-refractivity contribution is 8.00. The molecule has 0 spiro atoms. The smallest absolute Gasteiger partial charge is 0.237 e. The van der Waals surface area contributed by atoms with Crippen LogP contribution in [0, 0.1) is 6.92 Å². The van der Waals surface area contributed by atoms with Crippen molar-refractivity contribution in [3.05, 3.63) is 59.9 Å². The number of amides is 1. The molecule has 158 valence electrons. The molecule has 0 radical (unpaired) electrons. The molecule has 2 aromatic carbocycles. The number of nitrogens with one attached hydrogen (secondary N) is 2. The molecule has 7 nitrogen and oxygen atoms in total. The number of aromatic nitrogens is 3. The molecular formula is C22H27N5O2S. The average Bonchev–Trinajstić information content (AvgIpc) is 3.15. The molecule has 0 aliphatic rings. The molecule has 1 amide bonds. The zero-order chi connectivity index (χ0) is 21.5. The zero-order valence-corrected chi connectivity index (χ0v) is 18.5. The third-order valence-electron chi connectivity index (χ3n) is 4.70. The van der Waals surface area contributed by atoms with Gasteiger partial charge in [-0.1, -0.05) is 30.0 Å². The van der Waals surface area contributed by atoms with Gasteiger partial charge in [0.25, 0.3) is 0 Å². The van der Waals surface area contributed by atoms with Crippen molar-refractivity contribution in [2.24, 2.45) is 0 Å². The number of benzene rings is 2. The highest BCUT2D eigenvalue weighted by atomic mass is 32.2. The topological polar surface area (TPSA) is 81.1 Å². The van der Waals surface area contributed by atoms with E-state index in [1.807, 2.05) is 73.9 Å². The van der Waals surface area contributed by atoms with Crippen LogP contribution in [0.3, 0.4) is 0 Å². The Bertz CT molecular complexity index is 987. The molecule has 0 aliphatic carbocycles. The van der Waals surface area contributed by atoms with Gasteiger partial charge in [-0.25, -0.2) is 0 Å². The Morgan fingerprint density at radius 3 is 2.57 bits per heavy atom. The summed E-state index contributed by atoms with van der Waals surface area (Å²) in [6, 6.07) is 15.5. The number of hydrogen-bond donors (Lipinski definition) is 2. The fraction of sp³-hybridized carbons (Fsp3) is 0.318. The van der Waals surface area contributed by atoms with Crippen molar-refractivity contribution in [1.82, 2.24) is 14.8 Å². The van der Waals surface area contributed by atoms with E-state index in [9.17, 15) is 4.79 Å². The molecular weight excluding hydrogens is 398 g/mol. The van der Waals surface area contributed by atoms with Crippen LogP contribution in [0.5, 0.6) is 5.75 Å². The molecule has 0 bridgehead atoms. The lowest BCUT2D eigenvalue weighted by molar-refractivity contribution is -0.115. The fourth-order valence-electron chi connectivity index (χ4n) is 2.90. The normalized spacial score (nSPS) is 11.7. The van der Waals surface area contributed by atoms with E-state index in [0.29, 0.717) is 6.54 Å². The van der Waals surface area contributed by atoms with Crippen molar-refractivity contribution in [1.29, 1.82) is 0 Å². The van der Waals surface area contributed by atoms with Crippen LogP contribution in [0.1, 0.15) is 25.2 Å². The Morgan fingerprint density at radius 2 is 1.90 bits per heavy atom. The Balaban J connectivity index is 1.62. The van der Waals surface area contributed by atoms with Crippen LogP contribution in [0.25, 0.3) is 0 Å². The first kappa shape index (κ1) is 21.7. The number of carbonyl (C=O) groups is 1. The van der Waals surface area contributed by atoms with Crippen molar-refractivity contribution >= 4 is 29.0 Å². The lowest BCUT2D eigenvalue weighted by atomic mass is 10.2. The number of aryl methyl sites for hydroxylation is 1. The van der Waals surface area contributed by atoms with E-state index in [0.717, 1.165) is 40.2 Å². The number of para-hydroxylation sites is 1. The van der Waals surface area contributed by atoms with E-state index in [1.165, 1.54) is 11.8 Å². The number of nitrogens with zero attached hydrogens (tertiary/aromatic N) is 3. The van der Waals surface area contributed by atoms with E-state index in [4.69, 9.17) is 4.74 Å². The second-order valence-electron chi connectivity index (χ2n) is 6.79. The summed E-state index contributed by atoms with van der Waals surface area (Å²) in [6.45, 7) is 7.16. The Hall–Kier alpha value is -3.00. The summed E-state index contributed by atoms with van der Waals surface area (Å²) in [6.07, 6.45) is 0. The number of rotatable bonds is 9. The number of thioether (sulfide) groups is 1. The third kappa shape index (κ3) is 5.33. The highest BCUT2D eigenvalue weighted by Crippen LogP contribution is 2.25. The van der Waals surface area contributed by atoms with Gasteiger partial charge in [-0.05, 0) is 56.7 Å². The van der Waals surface area contributed by atoms with Crippen molar-refractivity contribution < 1.29 is 9.53 Å². The lowest BCUT2D eigenvalue weighted by Crippen LogP contribution is -2.23. The maximum Gasteiger partial charge on any atom is 0.237 e. The van der Waals surface area contributed by atoms with Gasteiger partial charge in [0.1, 0.15) is 5.75 Å². The summed E-state index contributed by atoms with van der Waals surface area (Å²) in [4.78, 5) is 12.6. The van der Waals surface area contributed by atoms with Gasteiger partial charge in [-0.2, -0.15) is 0 Å². The number of ether oxygens (including phenoxy) is 1. The highest BCUT2D eigenvalue weighted by Gasteiger charge is 2.20. The first-order valence-corrected chi connectivity index (χ1v) is 10.7. The van der Waals surface area contributed by atoms with Crippen LogP contribution in [0.15, 0.2) is 53.7 Å². The molecule has 0 saturated carbocycles. The van der Waals surface area contributed by atoms with Gasteiger partial charge >= 0.3 is 0 Å². The minimum absolute atomic E-state index is 0.0575. The molecule has 30 heavy (non-hydrogen) atoms. The first-order chi connectivity index (χ1) is 14.5. The first-order valence-electron chi connectivity index (χ1n) is 9.85. The van der Waals surface area contributed by atoms with E-state index in [1.54, 1.807) is 7.11 Å². The molecule has 3 rings (SSSR count). The van der Waals surface area contributed by atoms with Gasteiger partial charge in [0.2, 0.25) is 5.91 Å². The van der Waals surface area contributed by atoms with Crippen molar-refractivity contribution in [2.45, 2.75) is 44.3 Å². The summed E-state index contributed by atoms with van der Waals surface area (Å²) in [5.74, 6) is 1.58. The third-order valence-corrected chi connectivity index (χ3v) is 5.79. The van der Waals surface area contributed by atoms with Crippen LogP contribution >= 0.6 is 11.8 Å². The Labute approximate surface area is 181 Å². The van der Waals surface area contributed by atoms with E-state index in [-0.39, 0.29) is 11.2 Å². The van der Waals surface area contributed by atoms with Crippen LogP contribution in [-0.2, 0) is 17.9 Å². The number of carbonyl (C=O) groups excluding carboxylic acids is 1. The van der Waals surface area contributed by atoms with Crippen LogP contribution in [-0.4, -0.2) is 33.0 Å². The summed E-state index contributed by atoms with van der Waals surface area (Å²) in [5, 5.41) is 15.4. The molecule has 8 heteroatoms. The van der Waals surface area contributed by atoms with E-state index >= 15 is 0 Å². The number of methoxy groups -OCH3 is 1. The monoisotopic (exact) mass is 425 g/mol. The lowest BCUT2D eigenvalue weighted by Gasteiger charge is -2.14. The standard InChI is InChI=1S/C22H27N5O2S/c1-5-27-20(14-23-17-10-12-18(29-4)13-11-17)25-26-22(27)30-16(3)21(28)24-19-9-7-6-8-15(19)2/h6-13,16,23H,5,14H2,1-4H3,(H,24,28)/t16-/m1/s1. The van der Waals surface area contributed by atoms with E-state index in [2.05, 4.69) is 20.8 Å². The van der Waals surface area contributed by atoms with Gasteiger partial charge in [-0.3, -0.25) is 4.79 Å². The van der Waals surface area contributed by atoms with E-state index < -0.39 is 0 Å². The maximum atomic E-state index is 12.6. The molecule has 0 aliphatic heterocycles. The molecule has 1 heterocycles. The summed E-state index contributed by atoms with van der Waals surface area (Å²) < 4.78 is 7.21. The van der Waals surface area contributed by atoms with Crippen LogP contribution in [0.4, 0.5) is 11.4 Å². The minimum atomic E-state index is -0.304. The quantitative estimate of drug-likeness (QED) is 0.496. The second-order valence-corrected chi connectivity index (χ2v) is 8.10. The summed E-state index contributed by atoms with van der Waals surface area (Å²) in [7, 11) is 1.65. The summed E-state index contributed by atoms with van der Waals surface area (Å²) in [5.41, 5.74) is 2.84. The van der Waals surface area contributed by atoms with Gasteiger partial charge < -0.3 is 19.9 Å². The van der Waals surface area contributed by atoms with Gasteiger partial charge in [0.15, 0.2) is 11.0 Å². The molecule has 0 unspecified atom stereocenters. The van der Waals surface area contributed by atoms with Gasteiger partial charge in [0.05, 0.1) is 18.9 Å². The van der Waals surface area contributed by atoms with Crippen molar-refractivity contribution in [3.63, 3.8) is 0 Å². The molecule has 3 aromatic rings. The molecule has 2 N–H and O–H groups in total. The fourth-order valence-corrected chi connectivity index (χ4v) is 3.84. The molecule has 0 fully saturated rings. The van der Waals surface area contributed by atoms with Gasteiger partial charge in [0, 0.05) is 17.9 Å².